The van der Waals surface area contributed by atoms with E-state index < -0.39 is 42.3 Å². The molecule has 2 radical (unpaired) electrons. The Kier molecular flexibility index (Phi) is 8.59. The van der Waals surface area contributed by atoms with Crippen molar-refractivity contribution in [2.24, 2.45) is 0 Å². The third-order valence-corrected chi connectivity index (χ3v) is 16.3. The van der Waals surface area contributed by atoms with E-state index in [1.165, 1.54) is 0 Å². The molecule has 5 nitrogen and oxygen atoms in total. The second-order valence-corrected chi connectivity index (χ2v) is 31.7. The summed E-state index contributed by atoms with van der Waals surface area (Å²) in [5.41, 5.74) is 0. The van der Waals surface area contributed by atoms with Gasteiger partial charge in [0.05, 0.1) is 0 Å². The Balaban J connectivity index is 5.45. The van der Waals surface area contributed by atoms with Crippen LogP contribution >= 0.6 is 0 Å². The molecule has 0 aromatic rings. The Hall–Kier alpha value is 1.10. The molecule has 0 N–H and O–H groups in total. The maximum atomic E-state index is 6.42. The fraction of sp³-hybridized carbons (Fsp3) is 1.00. The van der Waals surface area contributed by atoms with E-state index in [0.717, 1.165) is 0 Å². The lowest BCUT2D eigenvalue weighted by Crippen LogP contribution is -2.63. The van der Waals surface area contributed by atoms with Crippen LogP contribution in [0.15, 0.2) is 0 Å². The number of hydrogen-bond acceptors (Lipinski definition) is 5. The first kappa shape index (κ1) is 24.1. The monoisotopic (exact) mass is 428 g/mol. The Labute approximate surface area is 151 Å². The van der Waals surface area contributed by atoms with Gasteiger partial charge in [-0.3, -0.25) is 0 Å². The van der Waals surface area contributed by atoms with Crippen molar-refractivity contribution in [3.05, 3.63) is 0 Å². The molecule has 0 aliphatic rings. The van der Waals surface area contributed by atoms with Crippen molar-refractivity contribution in [2.45, 2.75) is 78.6 Å². The van der Waals surface area contributed by atoms with Gasteiger partial charge in [-0.15, -0.1) is 0 Å². The van der Waals surface area contributed by atoms with E-state index in [1.54, 1.807) is 0 Å². The van der Waals surface area contributed by atoms with Crippen molar-refractivity contribution >= 4 is 52.3 Å². The van der Waals surface area contributed by atoms with E-state index in [2.05, 4.69) is 78.6 Å². The van der Waals surface area contributed by atoms with Crippen LogP contribution in [0, 0.1) is 0 Å². The van der Waals surface area contributed by atoms with Gasteiger partial charge < -0.3 is 20.6 Å². The summed E-state index contributed by atoms with van der Waals surface area (Å²) in [5.74, 6) is 0. The van der Waals surface area contributed by atoms with Gasteiger partial charge in [0.1, 0.15) is 0 Å². The van der Waals surface area contributed by atoms with Gasteiger partial charge in [0.2, 0.25) is 0 Å². The molecule has 0 saturated heterocycles. The molecule has 0 saturated carbocycles. The zero-order valence-electron chi connectivity index (χ0n) is 17.0. The molecule has 0 aliphatic heterocycles. The van der Waals surface area contributed by atoms with Crippen molar-refractivity contribution in [1.29, 1.82) is 0 Å². The maximum absolute atomic E-state index is 6.42. The lowest BCUT2D eigenvalue weighted by atomic mass is 11.8. The first-order chi connectivity index (χ1) is 9.83. The van der Waals surface area contributed by atoms with Gasteiger partial charge in [-0.05, 0) is 78.6 Å². The Morgan fingerprint density at radius 2 is 0.739 bits per heavy atom. The van der Waals surface area contributed by atoms with Crippen molar-refractivity contribution in [3.63, 3.8) is 0 Å². The summed E-state index contributed by atoms with van der Waals surface area (Å²) in [4.78, 5) is 0. The molecule has 0 heterocycles. The third kappa shape index (κ3) is 14.0. The van der Waals surface area contributed by atoms with Crippen LogP contribution in [-0.2, 0) is 20.6 Å². The molecule has 138 valence electrons. The van der Waals surface area contributed by atoms with Crippen molar-refractivity contribution in [1.82, 2.24) is 0 Å². The summed E-state index contributed by atoms with van der Waals surface area (Å²) >= 11 is 0. The molecule has 0 bridgehead atoms. The normalized spacial score (nSPS) is 15.1. The van der Waals surface area contributed by atoms with Gasteiger partial charge >= 0.3 is 19.1 Å². The molecule has 0 atom stereocenters. The Bertz CT molecular complexity index is 325. The van der Waals surface area contributed by atoms with Crippen LogP contribution in [-0.4, -0.2) is 52.3 Å². The van der Waals surface area contributed by atoms with Crippen LogP contribution < -0.4 is 0 Å². The SMILES string of the molecule is C[Si](C)(C)O[Si]O[Si](O[Si](C)(C)C)(O[Si](C)(C)C)O[Si](C)(C)C. The van der Waals surface area contributed by atoms with Crippen molar-refractivity contribution < 1.29 is 20.6 Å². The van der Waals surface area contributed by atoms with Crippen molar-refractivity contribution in [3.8, 4) is 0 Å². The standard InChI is InChI=1S/C12H36O5Si6/c1-19(2,3)13-18-14-23(15-20(4,5)6,16-21(7,8)9)17-22(10,11)12/h1-12H3. The summed E-state index contributed by atoms with van der Waals surface area (Å²) in [7, 11) is -10.6. The predicted octanol–water partition coefficient (Wildman–Crippen LogP) is 4.38. The zero-order chi connectivity index (χ0) is 18.7. The van der Waals surface area contributed by atoms with Crippen LogP contribution in [0.4, 0.5) is 0 Å². The minimum Gasteiger partial charge on any atom is -0.435 e. The topological polar surface area (TPSA) is 46.2 Å². The van der Waals surface area contributed by atoms with E-state index in [9.17, 15) is 0 Å². The first-order valence-corrected chi connectivity index (χ1v) is 24.1. The van der Waals surface area contributed by atoms with E-state index in [-0.39, 0.29) is 10.0 Å². The highest BCUT2D eigenvalue weighted by molar-refractivity contribution is 6.89. The maximum Gasteiger partial charge on any atom is 0.638 e. The van der Waals surface area contributed by atoms with E-state index in [1.807, 2.05) is 0 Å². The highest BCUT2D eigenvalue weighted by Crippen LogP contribution is 2.26. The quantitative estimate of drug-likeness (QED) is 0.483. The summed E-state index contributed by atoms with van der Waals surface area (Å²) in [5, 5.41) is 0. The van der Waals surface area contributed by atoms with Gasteiger partial charge in [0.15, 0.2) is 33.3 Å². The van der Waals surface area contributed by atoms with Crippen molar-refractivity contribution in [2.75, 3.05) is 0 Å². The van der Waals surface area contributed by atoms with Gasteiger partial charge in [0.25, 0.3) is 0 Å². The molecule has 0 amide bonds. The van der Waals surface area contributed by atoms with E-state index in [0.29, 0.717) is 0 Å². The molecule has 0 fully saturated rings. The molecule has 0 rings (SSSR count). The number of hydrogen-bond donors (Lipinski definition) is 0. The molecule has 0 aliphatic carbocycles. The van der Waals surface area contributed by atoms with Crippen LogP contribution in [0.3, 0.4) is 0 Å². The minimum atomic E-state index is -3.21. The second-order valence-electron chi connectivity index (χ2n) is 9.54. The molecule has 23 heavy (non-hydrogen) atoms. The molecule has 0 aromatic heterocycles. The van der Waals surface area contributed by atoms with Gasteiger partial charge in [-0.2, -0.15) is 0 Å². The minimum absolute atomic E-state index is 0.0922. The lowest BCUT2D eigenvalue weighted by Gasteiger charge is -2.41. The van der Waals surface area contributed by atoms with Gasteiger partial charge in [-0.1, -0.05) is 0 Å². The Morgan fingerprint density at radius 3 is 0.957 bits per heavy atom. The summed E-state index contributed by atoms with van der Waals surface area (Å²) in [6, 6.07) is 0. The average Bonchev–Trinajstić information content (AvgIpc) is 2.03. The first-order valence-electron chi connectivity index (χ1n) is 8.04. The van der Waals surface area contributed by atoms with Crippen LogP contribution in [0.5, 0.6) is 0 Å². The predicted molar refractivity (Wildman–Crippen MR) is 110 cm³/mol. The highest BCUT2D eigenvalue weighted by atomic mass is 28.5. The fourth-order valence-corrected chi connectivity index (χ4v) is 15.6. The molecular weight excluding hydrogens is 393 g/mol. The molecule has 11 heteroatoms. The van der Waals surface area contributed by atoms with E-state index in [4.69, 9.17) is 20.6 Å². The van der Waals surface area contributed by atoms with Gasteiger partial charge in [-0.25, -0.2) is 0 Å². The lowest BCUT2D eigenvalue weighted by molar-refractivity contribution is 0.147. The average molecular weight is 429 g/mol. The molecular formula is C12H36O5Si6. The highest BCUT2D eigenvalue weighted by Gasteiger charge is 2.53. The summed E-state index contributed by atoms with van der Waals surface area (Å²) in [6.07, 6.45) is 0. The largest absolute Gasteiger partial charge is 0.638 e. The summed E-state index contributed by atoms with van der Waals surface area (Å²) < 4.78 is 31.3. The smallest absolute Gasteiger partial charge is 0.435 e. The molecule has 0 unspecified atom stereocenters. The van der Waals surface area contributed by atoms with Crippen LogP contribution in [0.25, 0.3) is 0 Å². The zero-order valence-corrected chi connectivity index (χ0v) is 23.0. The van der Waals surface area contributed by atoms with E-state index >= 15 is 0 Å². The fourth-order valence-electron chi connectivity index (χ4n) is 1.45. The molecule has 0 spiro atoms. The Morgan fingerprint density at radius 1 is 0.435 bits per heavy atom. The summed E-state index contributed by atoms with van der Waals surface area (Å²) in [6.45, 7) is 25.7. The third-order valence-electron chi connectivity index (χ3n) is 1.81. The van der Waals surface area contributed by atoms with Gasteiger partial charge in [0, 0.05) is 0 Å². The second kappa shape index (κ2) is 8.20. The molecule has 0 aromatic carbocycles. The van der Waals surface area contributed by atoms with Crippen LogP contribution in [0.1, 0.15) is 0 Å². The number of rotatable bonds is 10. The van der Waals surface area contributed by atoms with Crippen LogP contribution in [0.2, 0.25) is 78.6 Å².